The molecular formula is C24H29NO4. The molecule has 2 aromatic rings. The molecule has 5 nitrogen and oxygen atoms in total. The molecule has 5 heteroatoms. The lowest BCUT2D eigenvalue weighted by atomic mass is 9.73. The van der Waals surface area contributed by atoms with Crippen LogP contribution in [0.3, 0.4) is 0 Å². The Labute approximate surface area is 172 Å². The molecule has 0 N–H and O–H groups in total. The highest BCUT2D eigenvalue weighted by atomic mass is 16.6. The number of rotatable bonds is 4. The van der Waals surface area contributed by atoms with Gasteiger partial charge in [0.15, 0.2) is 11.5 Å². The number of likely N-dealkylation sites (tertiary alicyclic amines) is 1. The van der Waals surface area contributed by atoms with Crippen molar-refractivity contribution in [1.82, 2.24) is 4.90 Å². The van der Waals surface area contributed by atoms with Crippen LogP contribution in [0.2, 0.25) is 0 Å². The molecule has 1 heterocycles. The van der Waals surface area contributed by atoms with Crippen LogP contribution in [0.1, 0.15) is 41.9 Å². The van der Waals surface area contributed by atoms with E-state index >= 15 is 0 Å². The minimum absolute atomic E-state index is 0.201. The molecule has 1 aliphatic heterocycles. The highest BCUT2D eigenvalue weighted by Crippen LogP contribution is 2.45. The van der Waals surface area contributed by atoms with Crippen LogP contribution < -0.4 is 9.47 Å². The second kappa shape index (κ2) is 8.76. The van der Waals surface area contributed by atoms with Gasteiger partial charge in [-0.3, -0.25) is 0 Å². The summed E-state index contributed by atoms with van der Waals surface area (Å²) in [6.45, 7) is 1.83. The zero-order valence-electron chi connectivity index (χ0n) is 17.2. The van der Waals surface area contributed by atoms with Crippen LogP contribution in [0.5, 0.6) is 11.5 Å². The van der Waals surface area contributed by atoms with Gasteiger partial charge >= 0.3 is 6.09 Å². The molecule has 0 saturated carbocycles. The predicted molar refractivity (Wildman–Crippen MR) is 112 cm³/mol. The van der Waals surface area contributed by atoms with Crippen LogP contribution in [0.25, 0.3) is 0 Å². The Morgan fingerprint density at radius 3 is 2.59 bits per heavy atom. The number of methoxy groups -OCH3 is 2. The largest absolute Gasteiger partial charge is 0.493 e. The van der Waals surface area contributed by atoms with Gasteiger partial charge in [0.2, 0.25) is 0 Å². The number of hydrogen-bond acceptors (Lipinski definition) is 4. The van der Waals surface area contributed by atoms with Gasteiger partial charge in [0, 0.05) is 13.1 Å². The van der Waals surface area contributed by atoms with Gasteiger partial charge < -0.3 is 19.1 Å². The van der Waals surface area contributed by atoms with Gasteiger partial charge in [-0.15, -0.1) is 0 Å². The Kier molecular flexibility index (Phi) is 5.93. The van der Waals surface area contributed by atoms with E-state index in [1.165, 1.54) is 11.1 Å². The lowest BCUT2D eigenvalue weighted by Crippen LogP contribution is -2.37. The topological polar surface area (TPSA) is 48.0 Å². The average molecular weight is 395 g/mol. The van der Waals surface area contributed by atoms with Crippen molar-refractivity contribution in [3.8, 4) is 11.5 Å². The molecule has 1 fully saturated rings. The third-order valence-corrected chi connectivity index (χ3v) is 6.26. The Morgan fingerprint density at radius 1 is 1.07 bits per heavy atom. The summed E-state index contributed by atoms with van der Waals surface area (Å²) in [7, 11) is 3.36. The summed E-state index contributed by atoms with van der Waals surface area (Å²) in [5.41, 5.74) is 3.73. The molecule has 154 valence electrons. The normalized spacial score (nSPS) is 20.8. The Balaban J connectivity index is 1.46. The minimum atomic E-state index is -0.201. The van der Waals surface area contributed by atoms with Crippen molar-refractivity contribution in [2.45, 2.75) is 38.2 Å². The number of carbonyl (C=O) groups is 1. The second-order valence-corrected chi connectivity index (χ2v) is 7.94. The molecule has 0 radical (unpaired) electrons. The van der Waals surface area contributed by atoms with Crippen molar-refractivity contribution < 1.29 is 19.0 Å². The van der Waals surface area contributed by atoms with Crippen molar-refractivity contribution in [3.05, 3.63) is 59.2 Å². The fourth-order valence-electron chi connectivity index (χ4n) is 4.76. The SMILES string of the molecule is COc1cc2c(cc1OC)[C@H]1CCCN(C(=O)OCc3ccccc3)C[C@H]1CC2. The van der Waals surface area contributed by atoms with E-state index < -0.39 is 0 Å². The van der Waals surface area contributed by atoms with Crippen LogP contribution in [0.4, 0.5) is 4.79 Å². The molecular weight excluding hydrogens is 366 g/mol. The van der Waals surface area contributed by atoms with E-state index in [-0.39, 0.29) is 6.09 Å². The van der Waals surface area contributed by atoms with E-state index in [2.05, 4.69) is 12.1 Å². The van der Waals surface area contributed by atoms with Crippen LogP contribution in [-0.4, -0.2) is 38.3 Å². The second-order valence-electron chi connectivity index (χ2n) is 7.94. The maximum atomic E-state index is 12.7. The standard InChI is InChI=1S/C24H29NO4/c1-27-22-13-18-10-11-19-15-25(24(26)29-16-17-7-4-3-5-8-17)12-6-9-20(19)21(18)14-23(22)28-2/h3-5,7-8,13-14,19-20H,6,9-12,15-16H2,1-2H3/t19-,20+/m1/s1. The van der Waals surface area contributed by atoms with E-state index in [1.54, 1.807) is 14.2 Å². The van der Waals surface area contributed by atoms with Crippen LogP contribution in [0, 0.1) is 5.92 Å². The van der Waals surface area contributed by atoms with Gasteiger partial charge in [0.05, 0.1) is 14.2 Å². The zero-order valence-corrected chi connectivity index (χ0v) is 17.2. The van der Waals surface area contributed by atoms with Crippen LogP contribution in [-0.2, 0) is 17.8 Å². The summed E-state index contributed by atoms with van der Waals surface area (Å²) < 4.78 is 16.6. The van der Waals surface area contributed by atoms with E-state index in [1.807, 2.05) is 35.2 Å². The monoisotopic (exact) mass is 395 g/mol. The molecule has 0 unspecified atom stereocenters. The van der Waals surface area contributed by atoms with Gasteiger partial charge in [-0.05, 0) is 66.3 Å². The quantitative estimate of drug-likeness (QED) is 0.747. The molecule has 1 saturated heterocycles. The summed E-state index contributed by atoms with van der Waals surface area (Å²) in [5.74, 6) is 2.48. The maximum Gasteiger partial charge on any atom is 0.410 e. The highest BCUT2D eigenvalue weighted by Gasteiger charge is 2.35. The number of aryl methyl sites for hydroxylation is 1. The summed E-state index contributed by atoms with van der Waals surface area (Å²) >= 11 is 0. The molecule has 2 aromatic carbocycles. The lowest BCUT2D eigenvalue weighted by Gasteiger charge is -2.34. The first kappa shape index (κ1) is 19.6. The fraction of sp³-hybridized carbons (Fsp3) is 0.458. The number of carbonyl (C=O) groups excluding carboxylic acids is 1. The van der Waals surface area contributed by atoms with E-state index in [9.17, 15) is 4.79 Å². The number of hydrogen-bond donors (Lipinski definition) is 0. The van der Waals surface area contributed by atoms with Gasteiger partial charge in [0.25, 0.3) is 0 Å². The first-order valence-corrected chi connectivity index (χ1v) is 10.4. The molecule has 0 spiro atoms. The van der Waals surface area contributed by atoms with E-state index in [0.717, 1.165) is 55.8 Å². The molecule has 0 bridgehead atoms. The molecule has 1 amide bonds. The number of amides is 1. The summed E-state index contributed by atoms with van der Waals surface area (Å²) in [6.07, 6.45) is 3.94. The van der Waals surface area contributed by atoms with E-state index in [4.69, 9.17) is 14.2 Å². The Bertz CT molecular complexity index is 851. The zero-order chi connectivity index (χ0) is 20.2. The Hall–Kier alpha value is -2.69. The first-order valence-electron chi connectivity index (χ1n) is 10.4. The first-order chi connectivity index (χ1) is 14.2. The van der Waals surface area contributed by atoms with Crippen molar-refractivity contribution >= 4 is 6.09 Å². The summed E-state index contributed by atoms with van der Waals surface area (Å²) in [4.78, 5) is 14.6. The maximum absolute atomic E-state index is 12.7. The number of fused-ring (bicyclic) bond motifs is 3. The van der Waals surface area contributed by atoms with E-state index in [0.29, 0.717) is 18.4 Å². The van der Waals surface area contributed by atoms with Gasteiger partial charge in [-0.2, -0.15) is 0 Å². The van der Waals surface area contributed by atoms with Crippen LogP contribution in [0.15, 0.2) is 42.5 Å². The summed E-state index contributed by atoms with van der Waals surface area (Å²) in [5, 5.41) is 0. The third-order valence-electron chi connectivity index (χ3n) is 6.26. The average Bonchev–Trinajstić information content (AvgIpc) is 3.00. The predicted octanol–water partition coefficient (Wildman–Crippen LogP) is 4.78. The number of benzene rings is 2. The van der Waals surface area contributed by atoms with Crippen molar-refractivity contribution in [1.29, 1.82) is 0 Å². The third kappa shape index (κ3) is 4.19. The molecule has 0 aromatic heterocycles. The molecule has 2 atom stereocenters. The molecule has 4 rings (SSSR count). The highest BCUT2D eigenvalue weighted by molar-refractivity contribution is 5.67. The van der Waals surface area contributed by atoms with Crippen LogP contribution >= 0.6 is 0 Å². The minimum Gasteiger partial charge on any atom is -0.493 e. The van der Waals surface area contributed by atoms with Crippen molar-refractivity contribution in [2.75, 3.05) is 27.3 Å². The van der Waals surface area contributed by atoms with Crippen molar-refractivity contribution in [3.63, 3.8) is 0 Å². The lowest BCUT2D eigenvalue weighted by molar-refractivity contribution is 0.0915. The van der Waals surface area contributed by atoms with Crippen molar-refractivity contribution in [2.24, 2.45) is 5.92 Å². The number of ether oxygens (including phenoxy) is 3. The van der Waals surface area contributed by atoms with Gasteiger partial charge in [-0.25, -0.2) is 4.79 Å². The molecule has 1 aliphatic carbocycles. The molecule has 29 heavy (non-hydrogen) atoms. The fourth-order valence-corrected chi connectivity index (χ4v) is 4.76. The number of nitrogens with zero attached hydrogens (tertiary/aromatic N) is 1. The Morgan fingerprint density at radius 2 is 1.83 bits per heavy atom. The smallest absolute Gasteiger partial charge is 0.410 e. The van der Waals surface area contributed by atoms with Gasteiger partial charge in [-0.1, -0.05) is 30.3 Å². The summed E-state index contributed by atoms with van der Waals surface area (Å²) in [6, 6.07) is 14.1. The van der Waals surface area contributed by atoms with Gasteiger partial charge in [0.1, 0.15) is 6.61 Å². The molecule has 2 aliphatic rings.